The Morgan fingerprint density at radius 2 is 1.73 bits per heavy atom. The number of nitrogens with zero attached hydrogens (tertiary/aromatic N) is 6. The minimum absolute atomic E-state index is 0.238. The van der Waals surface area contributed by atoms with Crippen LogP contribution in [-0.2, 0) is 26.4 Å². The molecule has 0 radical (unpaired) electrons. The smallest absolute Gasteiger partial charge is 0.264 e. The fourth-order valence-electron chi connectivity index (χ4n) is 5.23. The minimum Gasteiger partial charge on any atom is -0.280 e. The van der Waals surface area contributed by atoms with Gasteiger partial charge in [0.2, 0.25) is 0 Å². The van der Waals surface area contributed by atoms with E-state index in [1.807, 2.05) is 42.1 Å². The Balaban J connectivity index is 1.25. The number of hydrogen-bond acceptors (Lipinski definition) is 7. The summed E-state index contributed by atoms with van der Waals surface area (Å²) < 4.78 is 31.0. The predicted octanol–water partition coefficient (Wildman–Crippen LogP) is 5.47. The number of unbranched alkanes of at least 4 members (excludes halogenated alkanes) is 3. The number of halogens is 1. The van der Waals surface area contributed by atoms with Crippen LogP contribution in [0.5, 0.6) is 0 Å². The maximum Gasteiger partial charge on any atom is 0.264 e. The first-order valence-corrected chi connectivity index (χ1v) is 15.7. The van der Waals surface area contributed by atoms with Gasteiger partial charge in [-0.2, -0.15) is 13.5 Å². The highest BCUT2D eigenvalue weighted by atomic mass is 35.5. The van der Waals surface area contributed by atoms with Crippen molar-refractivity contribution in [3.63, 3.8) is 0 Å². The molecule has 2 aromatic carbocycles. The van der Waals surface area contributed by atoms with Crippen LogP contribution >= 0.6 is 11.6 Å². The molecule has 0 N–H and O–H groups in total. The van der Waals surface area contributed by atoms with Gasteiger partial charge in [-0.25, -0.2) is 0 Å². The highest BCUT2D eigenvalue weighted by Gasteiger charge is 2.51. The largest absolute Gasteiger partial charge is 0.280 e. The molecule has 6 rings (SSSR count). The molecule has 1 spiro atoms. The monoisotopic (exact) mass is 578 g/mol. The SMILES string of the molecule is Cc1nnc2n1-c1ccc(-c3cnn(CCCCCCOS(C)(=O)=O)c3)cc1C(c1ccc(Cl)cc1)=NC21CC1. The lowest BCUT2D eigenvalue weighted by atomic mass is 9.96. The second-order valence-electron chi connectivity index (χ2n) is 10.6. The van der Waals surface area contributed by atoms with Crippen LogP contribution in [0.2, 0.25) is 5.02 Å². The van der Waals surface area contributed by atoms with Gasteiger partial charge in [0.1, 0.15) is 11.4 Å². The van der Waals surface area contributed by atoms with Gasteiger partial charge < -0.3 is 0 Å². The first-order valence-electron chi connectivity index (χ1n) is 13.5. The molecule has 1 fully saturated rings. The van der Waals surface area contributed by atoms with Gasteiger partial charge in [-0.15, -0.1) is 10.2 Å². The summed E-state index contributed by atoms with van der Waals surface area (Å²) in [7, 11) is -3.36. The standard InChI is InChI=1S/C29H31ClN6O3S/c1-20-33-34-28-29(13-14-29)32-27(21-7-10-24(30)11-8-21)25-17-22(9-12-26(25)36(20)28)23-18-31-35(19-23)15-5-3-4-6-16-39-40(2,37)38/h7-12,17-19H,3-6,13-16H2,1-2H3. The van der Waals surface area contributed by atoms with Crippen molar-refractivity contribution in [2.45, 2.75) is 57.5 Å². The van der Waals surface area contributed by atoms with E-state index in [-0.39, 0.29) is 12.1 Å². The van der Waals surface area contributed by atoms with Crippen molar-refractivity contribution in [1.29, 1.82) is 0 Å². The lowest BCUT2D eigenvalue weighted by Crippen LogP contribution is -2.11. The van der Waals surface area contributed by atoms with Crippen molar-refractivity contribution in [3.8, 4) is 16.8 Å². The fourth-order valence-corrected chi connectivity index (χ4v) is 5.78. The van der Waals surface area contributed by atoms with E-state index in [1.54, 1.807) is 0 Å². The van der Waals surface area contributed by atoms with Crippen molar-refractivity contribution in [2.24, 2.45) is 4.99 Å². The average molecular weight is 579 g/mol. The summed E-state index contributed by atoms with van der Waals surface area (Å²) in [5.74, 6) is 1.75. The molecule has 3 heterocycles. The van der Waals surface area contributed by atoms with Crippen LogP contribution in [0.3, 0.4) is 0 Å². The van der Waals surface area contributed by atoms with Gasteiger partial charge in [-0.05, 0) is 62.4 Å². The Hall–Kier alpha value is -3.34. The molecule has 0 atom stereocenters. The van der Waals surface area contributed by atoms with Crippen LogP contribution in [0, 0.1) is 6.92 Å². The van der Waals surface area contributed by atoms with Crippen molar-refractivity contribution in [1.82, 2.24) is 24.5 Å². The molecular formula is C29H31ClN6O3S. The van der Waals surface area contributed by atoms with Crippen LogP contribution in [-0.4, -0.2) is 51.5 Å². The van der Waals surface area contributed by atoms with E-state index in [9.17, 15) is 8.42 Å². The predicted molar refractivity (Wildman–Crippen MR) is 155 cm³/mol. The summed E-state index contributed by atoms with van der Waals surface area (Å²) in [6.45, 7) is 3.02. The summed E-state index contributed by atoms with van der Waals surface area (Å²) in [6.07, 6.45) is 10.5. The topological polar surface area (TPSA) is 104 Å². The summed E-state index contributed by atoms with van der Waals surface area (Å²) >= 11 is 6.22. The summed E-state index contributed by atoms with van der Waals surface area (Å²) in [5.41, 5.74) is 5.74. The highest BCUT2D eigenvalue weighted by Crippen LogP contribution is 2.51. The minimum atomic E-state index is -3.36. The summed E-state index contributed by atoms with van der Waals surface area (Å²) in [4.78, 5) is 5.33. The van der Waals surface area contributed by atoms with Gasteiger partial charge in [0.15, 0.2) is 5.82 Å². The zero-order valence-electron chi connectivity index (χ0n) is 22.5. The zero-order valence-corrected chi connectivity index (χ0v) is 24.1. The maximum absolute atomic E-state index is 11.1. The number of rotatable bonds is 10. The van der Waals surface area contributed by atoms with Crippen molar-refractivity contribution in [3.05, 3.63) is 82.7 Å². The van der Waals surface area contributed by atoms with Crippen molar-refractivity contribution in [2.75, 3.05) is 12.9 Å². The zero-order chi connectivity index (χ0) is 27.9. The van der Waals surface area contributed by atoms with Crippen molar-refractivity contribution < 1.29 is 12.6 Å². The fraction of sp³-hybridized carbons (Fsp3) is 0.379. The second kappa shape index (κ2) is 10.6. The Labute approximate surface area is 239 Å². The number of aromatic nitrogens is 5. The molecule has 1 aliphatic heterocycles. The highest BCUT2D eigenvalue weighted by molar-refractivity contribution is 7.85. The maximum atomic E-state index is 11.1. The quantitative estimate of drug-likeness (QED) is 0.183. The second-order valence-corrected chi connectivity index (χ2v) is 12.6. The molecule has 0 saturated heterocycles. The van der Waals surface area contributed by atoms with Crippen LogP contribution in [0.15, 0.2) is 59.9 Å². The molecule has 0 bridgehead atoms. The average Bonchev–Trinajstić information content (AvgIpc) is 3.40. The van der Waals surface area contributed by atoms with E-state index in [0.717, 1.165) is 96.6 Å². The van der Waals surface area contributed by atoms with E-state index >= 15 is 0 Å². The van der Waals surface area contributed by atoms with Crippen LogP contribution in [0.4, 0.5) is 0 Å². The van der Waals surface area contributed by atoms with E-state index < -0.39 is 10.1 Å². The van der Waals surface area contributed by atoms with Crippen molar-refractivity contribution >= 4 is 27.4 Å². The number of fused-ring (bicyclic) bond motifs is 4. The van der Waals surface area contributed by atoms with E-state index in [2.05, 4.69) is 44.3 Å². The van der Waals surface area contributed by atoms with Gasteiger partial charge in [-0.3, -0.25) is 18.4 Å². The lowest BCUT2D eigenvalue weighted by molar-refractivity contribution is 0.309. The molecule has 9 nitrogen and oxygen atoms in total. The van der Waals surface area contributed by atoms with Gasteiger partial charge in [0.05, 0.1) is 30.5 Å². The molecular weight excluding hydrogens is 548 g/mol. The van der Waals surface area contributed by atoms with E-state index in [1.165, 1.54) is 0 Å². The molecule has 40 heavy (non-hydrogen) atoms. The van der Waals surface area contributed by atoms with Crippen LogP contribution in [0.1, 0.15) is 61.3 Å². The first kappa shape index (κ1) is 26.9. The normalized spacial score (nSPS) is 15.4. The van der Waals surface area contributed by atoms with Gasteiger partial charge in [0, 0.05) is 34.5 Å². The van der Waals surface area contributed by atoms with Crippen LogP contribution < -0.4 is 0 Å². The van der Waals surface area contributed by atoms with Gasteiger partial charge in [-0.1, -0.05) is 42.6 Å². The molecule has 1 saturated carbocycles. The molecule has 4 aromatic rings. The first-order chi connectivity index (χ1) is 19.2. The summed E-state index contributed by atoms with van der Waals surface area (Å²) in [6, 6.07) is 14.3. The van der Waals surface area contributed by atoms with Crippen LogP contribution in [0.25, 0.3) is 16.8 Å². The number of benzene rings is 2. The lowest BCUT2D eigenvalue weighted by Gasteiger charge is -2.14. The third-order valence-electron chi connectivity index (χ3n) is 7.45. The Kier molecular flexibility index (Phi) is 7.10. The van der Waals surface area contributed by atoms with E-state index in [0.29, 0.717) is 5.02 Å². The Morgan fingerprint density at radius 3 is 2.48 bits per heavy atom. The number of hydrogen-bond donors (Lipinski definition) is 0. The Morgan fingerprint density at radius 1 is 0.975 bits per heavy atom. The Bertz CT molecular complexity index is 1690. The molecule has 2 aromatic heterocycles. The van der Waals surface area contributed by atoms with E-state index in [4.69, 9.17) is 20.8 Å². The molecule has 2 aliphatic rings. The molecule has 208 valence electrons. The number of aryl methyl sites for hydroxylation is 2. The molecule has 0 amide bonds. The third-order valence-corrected chi connectivity index (χ3v) is 8.29. The molecule has 11 heteroatoms. The molecule has 1 aliphatic carbocycles. The summed E-state index contributed by atoms with van der Waals surface area (Å²) in [5, 5.41) is 14.3. The third kappa shape index (κ3) is 5.48. The van der Waals surface area contributed by atoms with Gasteiger partial charge in [0.25, 0.3) is 10.1 Å². The molecule has 0 unspecified atom stereocenters. The number of aliphatic imine (C=N–C) groups is 1. The van der Waals surface area contributed by atoms with Gasteiger partial charge >= 0.3 is 0 Å².